The molecule has 0 spiro atoms. The number of hydrogen-bond acceptors (Lipinski definition) is 4. The number of halogens is 1. The molecule has 1 N–H and O–H groups in total. The van der Waals surface area contributed by atoms with Crippen LogP contribution >= 0.6 is 11.6 Å². The highest BCUT2D eigenvalue weighted by Gasteiger charge is 2.50. The summed E-state index contributed by atoms with van der Waals surface area (Å²) >= 11 is 5.92. The predicted molar refractivity (Wildman–Crippen MR) is 90.5 cm³/mol. The second-order valence-electron chi connectivity index (χ2n) is 6.99. The Hall–Kier alpha value is -2.06. The van der Waals surface area contributed by atoms with Crippen LogP contribution in [0.25, 0.3) is 0 Å². The molecule has 1 aliphatic carbocycles. The average molecular weight is 349 g/mol. The monoisotopic (exact) mass is 348 g/mol. The molecule has 0 aliphatic heterocycles. The van der Waals surface area contributed by atoms with Gasteiger partial charge in [0.2, 0.25) is 0 Å². The van der Waals surface area contributed by atoms with Gasteiger partial charge in [0.05, 0.1) is 12.1 Å². The molecule has 0 heterocycles. The van der Waals surface area contributed by atoms with Crippen molar-refractivity contribution in [3.05, 3.63) is 34.9 Å². The van der Waals surface area contributed by atoms with Crippen LogP contribution in [0.5, 0.6) is 0 Å². The van der Waals surface area contributed by atoms with Crippen LogP contribution in [-0.4, -0.2) is 17.5 Å². The van der Waals surface area contributed by atoms with Gasteiger partial charge in [0.15, 0.2) is 5.78 Å². The second kappa shape index (κ2) is 6.82. The summed E-state index contributed by atoms with van der Waals surface area (Å²) in [6.45, 7) is 5.26. The van der Waals surface area contributed by atoms with Crippen LogP contribution in [0.2, 0.25) is 5.02 Å². The third kappa shape index (κ3) is 3.88. The van der Waals surface area contributed by atoms with Crippen molar-refractivity contribution in [3.63, 3.8) is 0 Å². The average Bonchev–Trinajstić information content (AvgIpc) is 2.86. The molecule has 0 bridgehead atoms. The fourth-order valence-electron chi connectivity index (χ4n) is 2.95. The largest absolute Gasteiger partial charge is 0.444 e. The SMILES string of the molecule is CC(C)(C)OC(=O)N[C@@H](c1ccc(Cl)cc1)[C@@]1(C#N)CCCC1=O. The van der Waals surface area contributed by atoms with E-state index in [0.29, 0.717) is 29.8 Å². The summed E-state index contributed by atoms with van der Waals surface area (Å²) in [6.07, 6.45) is 0.725. The molecule has 0 saturated heterocycles. The zero-order chi connectivity index (χ0) is 18.0. The second-order valence-corrected chi connectivity index (χ2v) is 7.43. The molecule has 1 saturated carbocycles. The van der Waals surface area contributed by atoms with Gasteiger partial charge in [-0.3, -0.25) is 4.79 Å². The topological polar surface area (TPSA) is 79.2 Å². The quantitative estimate of drug-likeness (QED) is 0.889. The molecule has 2 rings (SSSR count). The summed E-state index contributed by atoms with van der Waals surface area (Å²) in [7, 11) is 0. The Labute approximate surface area is 146 Å². The van der Waals surface area contributed by atoms with Crippen LogP contribution in [0, 0.1) is 16.7 Å². The number of nitriles is 1. The van der Waals surface area contributed by atoms with Crippen molar-refractivity contribution in [1.29, 1.82) is 5.26 Å². The molecule has 1 aromatic carbocycles. The highest BCUT2D eigenvalue weighted by Crippen LogP contribution is 2.45. The lowest BCUT2D eigenvalue weighted by Gasteiger charge is -2.32. The van der Waals surface area contributed by atoms with Gasteiger partial charge in [-0.05, 0) is 51.3 Å². The maximum Gasteiger partial charge on any atom is 0.408 e. The number of benzene rings is 1. The lowest BCUT2D eigenvalue weighted by atomic mass is 9.76. The summed E-state index contributed by atoms with van der Waals surface area (Å²) in [4.78, 5) is 24.7. The van der Waals surface area contributed by atoms with Crippen LogP contribution < -0.4 is 5.32 Å². The van der Waals surface area contributed by atoms with Gasteiger partial charge in [0.25, 0.3) is 0 Å². The van der Waals surface area contributed by atoms with Crippen molar-refractivity contribution in [3.8, 4) is 6.07 Å². The molecule has 5 nitrogen and oxygen atoms in total. The van der Waals surface area contributed by atoms with E-state index in [1.54, 1.807) is 45.0 Å². The molecule has 1 aliphatic rings. The van der Waals surface area contributed by atoms with Crippen LogP contribution in [0.3, 0.4) is 0 Å². The molecule has 0 radical (unpaired) electrons. The summed E-state index contributed by atoms with van der Waals surface area (Å²) in [5.74, 6) is -0.152. The molecule has 0 aromatic heterocycles. The summed E-state index contributed by atoms with van der Waals surface area (Å²) < 4.78 is 5.30. The molecule has 128 valence electrons. The van der Waals surface area contributed by atoms with Gasteiger partial charge >= 0.3 is 6.09 Å². The maximum atomic E-state index is 12.4. The van der Waals surface area contributed by atoms with Gasteiger partial charge in [-0.15, -0.1) is 0 Å². The van der Waals surface area contributed by atoms with E-state index in [0.717, 1.165) is 0 Å². The third-order valence-electron chi connectivity index (χ3n) is 4.03. The lowest BCUT2D eigenvalue weighted by Crippen LogP contribution is -2.44. The van der Waals surface area contributed by atoms with Gasteiger partial charge in [-0.1, -0.05) is 23.7 Å². The first-order valence-electron chi connectivity index (χ1n) is 7.87. The lowest BCUT2D eigenvalue weighted by molar-refractivity contribution is -0.124. The van der Waals surface area contributed by atoms with Crippen molar-refractivity contribution in [1.82, 2.24) is 5.32 Å². The standard InChI is InChI=1S/C18H21ClN2O3/c1-17(2,3)24-16(23)21-15(12-6-8-13(19)9-7-12)18(11-20)10-4-5-14(18)22/h6-9,15H,4-5,10H2,1-3H3,(H,21,23)/t15-,18+/m0/s1. The highest BCUT2D eigenvalue weighted by atomic mass is 35.5. The van der Waals surface area contributed by atoms with Crippen LogP contribution in [0.1, 0.15) is 51.6 Å². The van der Waals surface area contributed by atoms with Crippen molar-refractivity contribution in [2.24, 2.45) is 5.41 Å². The number of carbonyl (C=O) groups is 2. The fraction of sp³-hybridized carbons (Fsp3) is 0.500. The van der Waals surface area contributed by atoms with Gasteiger partial charge in [0.1, 0.15) is 11.0 Å². The number of nitrogens with one attached hydrogen (secondary N) is 1. The number of amides is 1. The summed E-state index contributed by atoms with van der Waals surface area (Å²) in [5.41, 5.74) is -1.29. The maximum absolute atomic E-state index is 12.4. The van der Waals surface area contributed by atoms with Crippen LogP contribution in [0.15, 0.2) is 24.3 Å². The van der Waals surface area contributed by atoms with E-state index in [4.69, 9.17) is 16.3 Å². The van der Waals surface area contributed by atoms with Crippen LogP contribution in [0.4, 0.5) is 4.79 Å². The van der Waals surface area contributed by atoms with E-state index in [2.05, 4.69) is 11.4 Å². The Balaban J connectivity index is 2.39. The fourth-order valence-corrected chi connectivity index (χ4v) is 3.08. The predicted octanol–water partition coefficient (Wildman–Crippen LogP) is 4.17. The minimum Gasteiger partial charge on any atom is -0.444 e. The number of Topliss-reactive ketones (excluding diaryl/α,β-unsaturated/α-hetero) is 1. The van der Waals surface area contributed by atoms with E-state index in [9.17, 15) is 14.9 Å². The van der Waals surface area contributed by atoms with Crippen LogP contribution in [-0.2, 0) is 9.53 Å². The highest BCUT2D eigenvalue weighted by molar-refractivity contribution is 6.30. The van der Waals surface area contributed by atoms with E-state index in [1.807, 2.05) is 0 Å². The Bertz CT molecular complexity index is 673. The van der Waals surface area contributed by atoms with Crippen molar-refractivity contribution >= 4 is 23.5 Å². The van der Waals surface area contributed by atoms with Crippen molar-refractivity contribution in [2.75, 3.05) is 0 Å². The minimum atomic E-state index is -1.27. The minimum absolute atomic E-state index is 0.152. The zero-order valence-electron chi connectivity index (χ0n) is 14.1. The Kier molecular flexibility index (Phi) is 5.19. The van der Waals surface area contributed by atoms with E-state index in [1.165, 1.54) is 0 Å². The molecular weight excluding hydrogens is 328 g/mol. The van der Waals surface area contributed by atoms with Crippen molar-refractivity contribution in [2.45, 2.75) is 51.7 Å². The third-order valence-corrected chi connectivity index (χ3v) is 4.28. The number of hydrogen-bond donors (Lipinski definition) is 1. The Morgan fingerprint density at radius 3 is 2.46 bits per heavy atom. The number of ketones is 1. The smallest absolute Gasteiger partial charge is 0.408 e. The number of nitrogens with zero attached hydrogens (tertiary/aromatic N) is 1. The van der Waals surface area contributed by atoms with Gasteiger partial charge in [-0.2, -0.15) is 5.26 Å². The molecule has 1 fully saturated rings. The molecule has 2 atom stereocenters. The van der Waals surface area contributed by atoms with Crippen molar-refractivity contribution < 1.29 is 14.3 Å². The Morgan fingerprint density at radius 2 is 2.00 bits per heavy atom. The number of ether oxygens (including phenoxy) is 1. The summed E-state index contributed by atoms with van der Waals surface area (Å²) in [5, 5.41) is 13.0. The first-order chi connectivity index (χ1) is 11.2. The number of carbonyl (C=O) groups excluding carboxylic acids is 2. The molecule has 1 amide bonds. The normalized spacial score (nSPS) is 21.9. The number of rotatable bonds is 3. The van der Waals surface area contributed by atoms with E-state index in [-0.39, 0.29) is 5.78 Å². The zero-order valence-corrected chi connectivity index (χ0v) is 14.8. The van der Waals surface area contributed by atoms with Gasteiger partial charge < -0.3 is 10.1 Å². The van der Waals surface area contributed by atoms with Gasteiger partial charge in [-0.25, -0.2) is 4.79 Å². The molecule has 6 heteroatoms. The van der Waals surface area contributed by atoms with E-state index >= 15 is 0 Å². The van der Waals surface area contributed by atoms with Gasteiger partial charge in [0, 0.05) is 11.4 Å². The first kappa shape index (κ1) is 18.3. The number of alkyl carbamates (subject to hydrolysis) is 1. The molecular formula is C18H21ClN2O3. The Morgan fingerprint density at radius 1 is 1.38 bits per heavy atom. The summed E-state index contributed by atoms with van der Waals surface area (Å²) in [6, 6.07) is 8.16. The molecule has 1 aromatic rings. The molecule has 24 heavy (non-hydrogen) atoms. The molecule has 0 unspecified atom stereocenters. The first-order valence-corrected chi connectivity index (χ1v) is 8.25. The van der Waals surface area contributed by atoms with E-state index < -0.39 is 23.2 Å².